The summed E-state index contributed by atoms with van der Waals surface area (Å²) in [7, 11) is 0. The Morgan fingerprint density at radius 1 is 0.821 bits per heavy atom. The van der Waals surface area contributed by atoms with E-state index in [2.05, 4.69) is 63.5 Å². The Morgan fingerprint density at radius 2 is 1.68 bits per heavy atom. The number of rotatable bonds is 5. The second-order valence-corrected chi connectivity index (χ2v) is 6.71. The second-order valence-electron chi connectivity index (χ2n) is 6.71. The summed E-state index contributed by atoms with van der Waals surface area (Å²) in [5.41, 5.74) is 3.84. The number of imidazole rings is 1. The van der Waals surface area contributed by atoms with Crippen LogP contribution in [0.15, 0.2) is 85.1 Å². The minimum absolute atomic E-state index is 0.601. The first-order valence-corrected chi connectivity index (χ1v) is 9.38. The van der Waals surface area contributed by atoms with Crippen molar-refractivity contribution in [3.05, 3.63) is 90.6 Å². The molecule has 5 aromatic rings. The van der Waals surface area contributed by atoms with Gasteiger partial charge in [0.15, 0.2) is 5.65 Å². The molecule has 0 atom stereocenters. The van der Waals surface area contributed by atoms with Gasteiger partial charge in [-0.25, -0.2) is 9.97 Å². The smallest absolute Gasteiger partial charge is 0.178 e. The third-order valence-electron chi connectivity index (χ3n) is 4.87. The van der Waals surface area contributed by atoms with Gasteiger partial charge in [-0.05, 0) is 29.1 Å². The molecule has 0 bridgehead atoms. The summed E-state index contributed by atoms with van der Waals surface area (Å²) in [6.07, 6.45) is 2.61. The van der Waals surface area contributed by atoms with Crippen LogP contribution < -0.4 is 4.74 Å². The summed E-state index contributed by atoms with van der Waals surface area (Å²) < 4.78 is 6.32. The first-order chi connectivity index (χ1) is 13.9. The maximum Gasteiger partial charge on any atom is 0.178 e. The molecular weight excluding hydrogens is 346 g/mol. The number of fused-ring (bicyclic) bond motifs is 2. The minimum atomic E-state index is 0.601. The Kier molecular flexibility index (Phi) is 4.22. The van der Waals surface area contributed by atoms with Crippen molar-refractivity contribution in [3.63, 3.8) is 0 Å². The summed E-state index contributed by atoms with van der Waals surface area (Å²) in [6, 6.07) is 26.7. The fraction of sp³-hybridized carbons (Fsp3) is 0.0833. The molecule has 0 aliphatic carbocycles. The molecule has 0 aliphatic rings. The molecule has 4 nitrogen and oxygen atoms in total. The minimum Gasteiger partial charge on any atom is -0.492 e. The van der Waals surface area contributed by atoms with Crippen molar-refractivity contribution in [1.29, 1.82) is 0 Å². The van der Waals surface area contributed by atoms with Crippen LogP contribution in [-0.2, 0) is 6.42 Å². The predicted molar refractivity (Wildman–Crippen MR) is 112 cm³/mol. The van der Waals surface area contributed by atoms with E-state index in [0.29, 0.717) is 12.3 Å². The van der Waals surface area contributed by atoms with Crippen molar-refractivity contribution in [2.24, 2.45) is 0 Å². The molecule has 1 N–H and O–H groups in total. The lowest BCUT2D eigenvalue weighted by Gasteiger charge is -2.13. The third-order valence-corrected chi connectivity index (χ3v) is 4.87. The Morgan fingerprint density at radius 3 is 2.57 bits per heavy atom. The topological polar surface area (TPSA) is 50.8 Å². The number of ether oxygens (including phenoxy) is 1. The zero-order chi connectivity index (χ0) is 18.8. The zero-order valence-corrected chi connectivity index (χ0v) is 15.3. The highest BCUT2D eigenvalue weighted by molar-refractivity contribution is 5.95. The first-order valence-electron chi connectivity index (χ1n) is 9.38. The monoisotopic (exact) mass is 365 g/mol. The summed E-state index contributed by atoms with van der Waals surface area (Å²) in [5, 5.41) is 2.23. The molecule has 0 saturated heterocycles. The molecule has 0 aliphatic heterocycles. The van der Waals surface area contributed by atoms with Crippen LogP contribution in [0.4, 0.5) is 0 Å². The maximum atomic E-state index is 6.32. The second kappa shape index (κ2) is 7.16. The number of benzene rings is 3. The molecule has 0 radical (unpaired) electrons. The molecule has 4 heteroatoms. The van der Waals surface area contributed by atoms with Gasteiger partial charge in [0, 0.05) is 18.0 Å². The van der Waals surface area contributed by atoms with Gasteiger partial charge in [0.25, 0.3) is 0 Å². The van der Waals surface area contributed by atoms with Gasteiger partial charge < -0.3 is 9.72 Å². The first kappa shape index (κ1) is 16.5. The van der Waals surface area contributed by atoms with E-state index in [1.54, 1.807) is 6.20 Å². The van der Waals surface area contributed by atoms with Crippen LogP contribution in [0, 0.1) is 0 Å². The molecule has 2 aromatic heterocycles. The summed E-state index contributed by atoms with van der Waals surface area (Å²) in [4.78, 5) is 12.4. The molecule has 136 valence electrons. The van der Waals surface area contributed by atoms with Crippen molar-refractivity contribution < 1.29 is 4.74 Å². The fourth-order valence-corrected chi connectivity index (χ4v) is 3.47. The zero-order valence-electron chi connectivity index (χ0n) is 15.3. The number of aromatic amines is 1. The lowest BCUT2D eigenvalue weighted by molar-refractivity contribution is 0.327. The Hall–Kier alpha value is -3.66. The number of aromatic nitrogens is 3. The molecule has 2 heterocycles. The molecule has 0 saturated carbocycles. The van der Waals surface area contributed by atoms with Crippen molar-refractivity contribution in [3.8, 4) is 17.1 Å². The largest absolute Gasteiger partial charge is 0.492 e. The van der Waals surface area contributed by atoms with Gasteiger partial charge in [-0.3, -0.25) is 0 Å². The molecule has 0 spiro atoms. The lowest BCUT2D eigenvalue weighted by atomic mass is 10.0. The average Bonchev–Trinajstić information content (AvgIpc) is 3.18. The predicted octanol–water partition coefficient (Wildman–Crippen LogP) is 5.40. The Bertz CT molecular complexity index is 1210. The van der Waals surface area contributed by atoms with Crippen LogP contribution in [0.3, 0.4) is 0 Å². The Labute approximate surface area is 162 Å². The molecule has 3 aromatic carbocycles. The quantitative estimate of drug-likeness (QED) is 0.454. The van der Waals surface area contributed by atoms with E-state index in [9.17, 15) is 0 Å². The van der Waals surface area contributed by atoms with Crippen LogP contribution in [0.1, 0.15) is 5.56 Å². The van der Waals surface area contributed by atoms with E-state index in [1.807, 2.05) is 30.3 Å². The van der Waals surface area contributed by atoms with E-state index in [0.717, 1.165) is 39.8 Å². The van der Waals surface area contributed by atoms with Crippen molar-refractivity contribution in [2.75, 3.05) is 6.61 Å². The number of hydrogen-bond donors (Lipinski definition) is 1. The highest BCUT2D eigenvalue weighted by atomic mass is 16.5. The van der Waals surface area contributed by atoms with Gasteiger partial charge in [-0.15, -0.1) is 0 Å². The highest BCUT2D eigenvalue weighted by Crippen LogP contribution is 2.36. The number of hydrogen-bond acceptors (Lipinski definition) is 3. The van der Waals surface area contributed by atoms with Crippen LogP contribution in [0.25, 0.3) is 33.3 Å². The molecule has 0 amide bonds. The number of nitrogens with zero attached hydrogens (tertiary/aromatic N) is 2. The fourth-order valence-electron chi connectivity index (χ4n) is 3.47. The third kappa shape index (κ3) is 3.09. The number of nitrogens with one attached hydrogen (secondary N) is 1. The van der Waals surface area contributed by atoms with Crippen molar-refractivity contribution >= 4 is 21.9 Å². The number of pyridine rings is 1. The van der Waals surface area contributed by atoms with Crippen LogP contribution >= 0.6 is 0 Å². The van der Waals surface area contributed by atoms with Crippen molar-refractivity contribution in [2.45, 2.75) is 6.42 Å². The van der Waals surface area contributed by atoms with E-state index < -0.39 is 0 Å². The van der Waals surface area contributed by atoms with E-state index in [1.165, 1.54) is 5.56 Å². The van der Waals surface area contributed by atoms with Crippen LogP contribution in [-0.4, -0.2) is 21.6 Å². The summed E-state index contributed by atoms with van der Waals surface area (Å²) in [6.45, 7) is 0.601. The van der Waals surface area contributed by atoms with E-state index in [4.69, 9.17) is 4.74 Å². The Balaban J connectivity index is 1.55. The molecule has 28 heavy (non-hydrogen) atoms. The van der Waals surface area contributed by atoms with Gasteiger partial charge >= 0.3 is 0 Å². The van der Waals surface area contributed by atoms with Crippen LogP contribution in [0.2, 0.25) is 0 Å². The SMILES string of the molecule is c1ccc(CCOc2c(-c3nc4ncccc4[nH]3)ccc3ccccc23)cc1. The molecule has 0 fully saturated rings. The van der Waals surface area contributed by atoms with Gasteiger partial charge in [-0.1, -0.05) is 60.7 Å². The van der Waals surface area contributed by atoms with Crippen molar-refractivity contribution in [1.82, 2.24) is 15.0 Å². The van der Waals surface area contributed by atoms with Gasteiger partial charge in [0.2, 0.25) is 0 Å². The molecule has 0 unspecified atom stereocenters. The highest BCUT2D eigenvalue weighted by Gasteiger charge is 2.15. The van der Waals surface area contributed by atoms with E-state index >= 15 is 0 Å². The van der Waals surface area contributed by atoms with E-state index in [-0.39, 0.29) is 0 Å². The normalized spacial score (nSPS) is 11.1. The van der Waals surface area contributed by atoms with Crippen LogP contribution in [0.5, 0.6) is 5.75 Å². The number of H-pyrrole nitrogens is 1. The van der Waals surface area contributed by atoms with Gasteiger partial charge in [-0.2, -0.15) is 0 Å². The average molecular weight is 365 g/mol. The van der Waals surface area contributed by atoms with Gasteiger partial charge in [0.05, 0.1) is 17.7 Å². The lowest BCUT2D eigenvalue weighted by Crippen LogP contribution is -2.03. The molecule has 5 rings (SSSR count). The maximum absolute atomic E-state index is 6.32. The standard InChI is InChI=1S/C24H19N3O/c1-2-7-17(8-3-1)14-16-28-22-19-10-5-4-9-18(19)12-13-20(22)23-26-21-11-6-15-25-24(21)27-23/h1-13,15H,14,16H2,(H,25,26,27). The summed E-state index contributed by atoms with van der Waals surface area (Å²) in [5.74, 6) is 1.63. The van der Waals surface area contributed by atoms with Gasteiger partial charge in [0.1, 0.15) is 11.6 Å². The molecular formula is C24H19N3O. The summed E-state index contributed by atoms with van der Waals surface area (Å²) >= 11 is 0.